The van der Waals surface area contributed by atoms with Gasteiger partial charge < -0.3 is 18.9 Å². The lowest BCUT2D eigenvalue weighted by Gasteiger charge is -2.08. The number of methoxy groups -OCH3 is 1. The summed E-state index contributed by atoms with van der Waals surface area (Å²) in [5.41, 5.74) is 0.533. The highest BCUT2D eigenvalue weighted by Crippen LogP contribution is 2.15. The summed E-state index contributed by atoms with van der Waals surface area (Å²) in [6.07, 6.45) is 0. The predicted molar refractivity (Wildman–Crippen MR) is 70.2 cm³/mol. The Hall–Kier alpha value is -1.61. The predicted octanol–water partition coefficient (Wildman–Crippen LogP) is 1.62. The Morgan fingerprint density at radius 1 is 0.947 bits per heavy atom. The summed E-state index contributed by atoms with van der Waals surface area (Å²) in [5, 5.41) is 8.87. The Labute approximate surface area is 113 Å². The van der Waals surface area contributed by atoms with Gasteiger partial charge in [-0.05, 0) is 12.1 Å². The third-order valence-electron chi connectivity index (χ3n) is 2.30. The molecule has 19 heavy (non-hydrogen) atoms. The lowest BCUT2D eigenvalue weighted by atomic mass is 10.2. The van der Waals surface area contributed by atoms with E-state index in [4.69, 9.17) is 24.2 Å². The van der Waals surface area contributed by atoms with Gasteiger partial charge in [0.2, 0.25) is 0 Å². The van der Waals surface area contributed by atoms with Crippen LogP contribution in [0.2, 0.25) is 0 Å². The molecular weight excluding hydrogens is 246 g/mol. The van der Waals surface area contributed by atoms with Crippen LogP contribution in [0.25, 0.3) is 0 Å². The first-order chi connectivity index (χ1) is 9.38. The summed E-state index contributed by atoms with van der Waals surface area (Å²) < 4.78 is 20.9. The van der Waals surface area contributed by atoms with Gasteiger partial charge in [0.1, 0.15) is 18.4 Å². The first-order valence-electron chi connectivity index (χ1n) is 6.15. The lowest BCUT2D eigenvalue weighted by Crippen LogP contribution is -2.12. The molecule has 0 atom stereocenters. The molecule has 0 bridgehead atoms. The largest absolute Gasteiger partial charge is 0.490 e. The van der Waals surface area contributed by atoms with Crippen molar-refractivity contribution in [3.8, 4) is 11.8 Å². The topological polar surface area (TPSA) is 60.7 Å². The zero-order valence-corrected chi connectivity index (χ0v) is 11.1. The standard InChI is InChI=1S/C14H19NO4/c1-16-6-7-17-8-9-18-10-11-19-14-5-3-2-4-13(14)12-15/h2-5H,6-11H2,1H3. The zero-order chi connectivity index (χ0) is 13.8. The molecule has 0 spiro atoms. The molecule has 5 nitrogen and oxygen atoms in total. The Bertz CT molecular complexity index is 389. The van der Waals surface area contributed by atoms with Crippen molar-refractivity contribution in [3.05, 3.63) is 29.8 Å². The molecule has 0 aliphatic carbocycles. The molecular formula is C14H19NO4. The smallest absolute Gasteiger partial charge is 0.137 e. The van der Waals surface area contributed by atoms with Gasteiger partial charge in [-0.3, -0.25) is 0 Å². The Morgan fingerprint density at radius 2 is 1.58 bits per heavy atom. The summed E-state index contributed by atoms with van der Waals surface area (Å²) in [7, 11) is 1.64. The molecule has 0 unspecified atom stereocenters. The fourth-order valence-electron chi connectivity index (χ4n) is 1.36. The number of nitriles is 1. The molecule has 0 fully saturated rings. The van der Waals surface area contributed by atoms with Gasteiger partial charge in [0.25, 0.3) is 0 Å². The minimum absolute atomic E-state index is 0.413. The molecule has 0 N–H and O–H groups in total. The fraction of sp³-hybridized carbons (Fsp3) is 0.500. The molecule has 0 saturated carbocycles. The monoisotopic (exact) mass is 265 g/mol. The van der Waals surface area contributed by atoms with Crippen molar-refractivity contribution in [1.82, 2.24) is 0 Å². The number of rotatable bonds is 10. The number of hydrogen-bond acceptors (Lipinski definition) is 5. The number of hydrogen-bond donors (Lipinski definition) is 0. The molecule has 104 valence electrons. The summed E-state index contributed by atoms with van der Waals surface area (Å²) >= 11 is 0. The highest BCUT2D eigenvalue weighted by molar-refractivity contribution is 5.42. The van der Waals surface area contributed by atoms with Crippen LogP contribution in [0.4, 0.5) is 0 Å². The van der Waals surface area contributed by atoms with Crippen LogP contribution in [0.5, 0.6) is 5.75 Å². The van der Waals surface area contributed by atoms with Crippen LogP contribution < -0.4 is 4.74 Å². The van der Waals surface area contributed by atoms with E-state index in [1.54, 1.807) is 25.3 Å². The number of nitrogens with zero attached hydrogens (tertiary/aromatic N) is 1. The van der Waals surface area contributed by atoms with Crippen LogP contribution in [0.3, 0.4) is 0 Å². The van der Waals surface area contributed by atoms with E-state index in [1.165, 1.54) is 0 Å². The van der Waals surface area contributed by atoms with Gasteiger partial charge in [-0.2, -0.15) is 5.26 Å². The Kier molecular flexibility index (Phi) is 8.39. The Balaban J connectivity index is 2.03. The highest BCUT2D eigenvalue weighted by Gasteiger charge is 2.00. The van der Waals surface area contributed by atoms with Gasteiger partial charge in [0, 0.05) is 7.11 Å². The molecule has 0 aromatic heterocycles. The van der Waals surface area contributed by atoms with Gasteiger partial charge in [0.15, 0.2) is 0 Å². The molecule has 0 aliphatic rings. The van der Waals surface area contributed by atoms with Crippen LogP contribution in [-0.2, 0) is 14.2 Å². The van der Waals surface area contributed by atoms with E-state index in [9.17, 15) is 0 Å². The zero-order valence-electron chi connectivity index (χ0n) is 11.1. The SMILES string of the molecule is COCCOCCOCCOc1ccccc1C#N. The first-order valence-corrected chi connectivity index (χ1v) is 6.15. The van der Waals surface area contributed by atoms with Crippen molar-refractivity contribution in [2.24, 2.45) is 0 Å². The number of ether oxygens (including phenoxy) is 4. The van der Waals surface area contributed by atoms with E-state index in [-0.39, 0.29) is 0 Å². The molecule has 5 heteroatoms. The van der Waals surface area contributed by atoms with E-state index >= 15 is 0 Å². The second kappa shape index (κ2) is 10.3. The molecule has 1 aromatic rings. The van der Waals surface area contributed by atoms with E-state index in [0.717, 1.165) is 0 Å². The maximum Gasteiger partial charge on any atom is 0.137 e. The van der Waals surface area contributed by atoms with Gasteiger partial charge in [-0.25, -0.2) is 0 Å². The normalized spacial score (nSPS) is 10.1. The minimum atomic E-state index is 0.413. The Morgan fingerprint density at radius 3 is 2.26 bits per heavy atom. The van der Waals surface area contributed by atoms with E-state index in [0.29, 0.717) is 51.0 Å². The average Bonchev–Trinajstić information content (AvgIpc) is 2.46. The maximum absolute atomic E-state index is 8.87. The fourth-order valence-corrected chi connectivity index (χ4v) is 1.36. The van der Waals surface area contributed by atoms with Gasteiger partial charge in [-0.15, -0.1) is 0 Å². The number of benzene rings is 1. The van der Waals surface area contributed by atoms with Crippen molar-refractivity contribution < 1.29 is 18.9 Å². The van der Waals surface area contributed by atoms with Crippen LogP contribution >= 0.6 is 0 Å². The highest BCUT2D eigenvalue weighted by atomic mass is 16.6. The first kappa shape index (κ1) is 15.4. The van der Waals surface area contributed by atoms with Crippen LogP contribution in [0.1, 0.15) is 5.56 Å². The quantitative estimate of drug-likeness (QED) is 0.602. The van der Waals surface area contributed by atoms with Crippen LogP contribution in [-0.4, -0.2) is 46.8 Å². The van der Waals surface area contributed by atoms with Crippen molar-refractivity contribution in [2.45, 2.75) is 0 Å². The molecule has 0 aliphatic heterocycles. The minimum Gasteiger partial charge on any atom is -0.490 e. The molecule has 0 saturated heterocycles. The lowest BCUT2D eigenvalue weighted by molar-refractivity contribution is 0.0179. The van der Waals surface area contributed by atoms with Crippen LogP contribution in [0, 0.1) is 11.3 Å². The third kappa shape index (κ3) is 6.77. The summed E-state index contributed by atoms with van der Waals surface area (Å²) in [4.78, 5) is 0. The maximum atomic E-state index is 8.87. The third-order valence-corrected chi connectivity index (χ3v) is 2.30. The summed E-state index contributed by atoms with van der Waals surface area (Å²) in [5.74, 6) is 0.588. The molecule has 1 aromatic carbocycles. The molecule has 0 amide bonds. The van der Waals surface area contributed by atoms with Crippen molar-refractivity contribution in [3.63, 3.8) is 0 Å². The van der Waals surface area contributed by atoms with Crippen LogP contribution in [0.15, 0.2) is 24.3 Å². The van der Waals surface area contributed by atoms with Crippen molar-refractivity contribution in [1.29, 1.82) is 5.26 Å². The molecule has 0 radical (unpaired) electrons. The second-order valence-electron chi connectivity index (χ2n) is 3.67. The molecule has 1 rings (SSSR count). The second-order valence-corrected chi connectivity index (χ2v) is 3.67. The van der Waals surface area contributed by atoms with Crippen molar-refractivity contribution in [2.75, 3.05) is 46.8 Å². The summed E-state index contributed by atoms with van der Waals surface area (Å²) in [6, 6.07) is 9.21. The van der Waals surface area contributed by atoms with Crippen molar-refractivity contribution >= 4 is 0 Å². The molecule has 0 heterocycles. The van der Waals surface area contributed by atoms with Gasteiger partial charge in [0.05, 0.1) is 38.6 Å². The van der Waals surface area contributed by atoms with E-state index in [2.05, 4.69) is 6.07 Å². The average molecular weight is 265 g/mol. The van der Waals surface area contributed by atoms with E-state index < -0.39 is 0 Å². The van der Waals surface area contributed by atoms with Gasteiger partial charge >= 0.3 is 0 Å². The summed E-state index contributed by atoms with van der Waals surface area (Å²) in [6.45, 7) is 3.11. The number of para-hydroxylation sites is 1. The van der Waals surface area contributed by atoms with Gasteiger partial charge in [-0.1, -0.05) is 12.1 Å². The van der Waals surface area contributed by atoms with E-state index in [1.807, 2.05) is 6.07 Å².